The van der Waals surface area contributed by atoms with Gasteiger partial charge in [-0.3, -0.25) is 4.90 Å². The summed E-state index contributed by atoms with van der Waals surface area (Å²) in [6.45, 7) is 3.94. The topological polar surface area (TPSA) is 42.4 Å². The van der Waals surface area contributed by atoms with Gasteiger partial charge in [0.1, 0.15) is 5.76 Å². The molecule has 0 saturated carbocycles. The number of nitrogens with zero attached hydrogens (tertiary/aromatic N) is 1. The number of nitrogens with two attached hydrogens (primary N) is 1. The zero-order valence-electron chi connectivity index (χ0n) is 9.36. The average molecular weight is 305 g/mol. The standard InChI is InChI=1S/C11H17BrN2OS/c1-8-7-16-5-3-14(8)10(6-13)11-9(12)2-4-15-11/h2,4,8,10H,3,5-7,13H2,1H3. The highest BCUT2D eigenvalue weighted by Crippen LogP contribution is 2.31. The summed E-state index contributed by atoms with van der Waals surface area (Å²) in [5.74, 6) is 3.31. The number of hydrogen-bond donors (Lipinski definition) is 1. The van der Waals surface area contributed by atoms with Crippen molar-refractivity contribution in [2.75, 3.05) is 24.6 Å². The van der Waals surface area contributed by atoms with Crippen molar-refractivity contribution in [3.8, 4) is 0 Å². The summed E-state index contributed by atoms with van der Waals surface area (Å²) >= 11 is 5.52. The number of furan rings is 1. The van der Waals surface area contributed by atoms with E-state index in [4.69, 9.17) is 10.2 Å². The second-order valence-corrected chi connectivity index (χ2v) is 6.05. The third-order valence-corrected chi connectivity index (χ3v) is 4.83. The van der Waals surface area contributed by atoms with Gasteiger partial charge in [-0.05, 0) is 28.9 Å². The first-order valence-corrected chi connectivity index (χ1v) is 7.45. The van der Waals surface area contributed by atoms with Crippen LogP contribution in [0.2, 0.25) is 0 Å². The molecule has 0 aliphatic carbocycles. The Hall–Kier alpha value is 0.0300. The highest BCUT2D eigenvalue weighted by Gasteiger charge is 2.29. The molecule has 90 valence electrons. The zero-order chi connectivity index (χ0) is 11.5. The highest BCUT2D eigenvalue weighted by molar-refractivity contribution is 9.10. The molecule has 3 nitrogen and oxygen atoms in total. The molecule has 2 rings (SSSR count). The van der Waals surface area contributed by atoms with E-state index in [1.807, 2.05) is 17.8 Å². The molecule has 0 amide bonds. The minimum atomic E-state index is 0.195. The molecule has 1 saturated heterocycles. The first-order valence-electron chi connectivity index (χ1n) is 5.50. The molecule has 0 aromatic carbocycles. The second kappa shape index (κ2) is 5.58. The summed E-state index contributed by atoms with van der Waals surface area (Å²) in [7, 11) is 0. The van der Waals surface area contributed by atoms with Gasteiger partial charge in [-0.2, -0.15) is 11.8 Å². The van der Waals surface area contributed by atoms with Crippen molar-refractivity contribution in [3.05, 3.63) is 22.6 Å². The molecule has 2 N–H and O–H groups in total. The van der Waals surface area contributed by atoms with Gasteiger partial charge in [0, 0.05) is 30.6 Å². The van der Waals surface area contributed by atoms with E-state index >= 15 is 0 Å². The number of thioether (sulfide) groups is 1. The van der Waals surface area contributed by atoms with Crippen molar-refractivity contribution in [1.82, 2.24) is 4.90 Å². The van der Waals surface area contributed by atoms with Crippen LogP contribution in [0.3, 0.4) is 0 Å². The van der Waals surface area contributed by atoms with Gasteiger partial charge in [0.15, 0.2) is 0 Å². The zero-order valence-corrected chi connectivity index (χ0v) is 11.8. The van der Waals surface area contributed by atoms with Gasteiger partial charge >= 0.3 is 0 Å². The molecular weight excluding hydrogens is 288 g/mol. The summed E-state index contributed by atoms with van der Waals surface area (Å²) in [5.41, 5.74) is 5.90. The van der Waals surface area contributed by atoms with E-state index in [1.54, 1.807) is 6.26 Å². The van der Waals surface area contributed by atoms with Crippen molar-refractivity contribution in [3.63, 3.8) is 0 Å². The summed E-state index contributed by atoms with van der Waals surface area (Å²) in [4.78, 5) is 2.44. The molecule has 16 heavy (non-hydrogen) atoms. The average Bonchev–Trinajstić information content (AvgIpc) is 2.69. The fraction of sp³-hybridized carbons (Fsp3) is 0.636. The van der Waals surface area contributed by atoms with Crippen LogP contribution in [0.15, 0.2) is 21.2 Å². The molecule has 1 aliphatic rings. The maximum atomic E-state index is 5.90. The van der Waals surface area contributed by atoms with Crippen LogP contribution in [-0.2, 0) is 0 Å². The van der Waals surface area contributed by atoms with Gasteiger partial charge < -0.3 is 10.2 Å². The van der Waals surface area contributed by atoms with E-state index in [-0.39, 0.29) is 6.04 Å². The summed E-state index contributed by atoms with van der Waals surface area (Å²) in [6.07, 6.45) is 1.71. The van der Waals surface area contributed by atoms with E-state index in [1.165, 1.54) is 11.5 Å². The third-order valence-electron chi connectivity index (χ3n) is 2.99. The van der Waals surface area contributed by atoms with Crippen LogP contribution in [0.4, 0.5) is 0 Å². The van der Waals surface area contributed by atoms with Crippen LogP contribution >= 0.6 is 27.7 Å². The molecule has 2 heterocycles. The highest BCUT2D eigenvalue weighted by atomic mass is 79.9. The van der Waals surface area contributed by atoms with Crippen LogP contribution in [0, 0.1) is 0 Å². The van der Waals surface area contributed by atoms with Crippen LogP contribution in [-0.4, -0.2) is 35.5 Å². The van der Waals surface area contributed by atoms with Crippen molar-refractivity contribution in [2.45, 2.75) is 19.0 Å². The van der Waals surface area contributed by atoms with E-state index in [2.05, 4.69) is 27.8 Å². The number of hydrogen-bond acceptors (Lipinski definition) is 4. The molecule has 2 unspecified atom stereocenters. The van der Waals surface area contributed by atoms with E-state index < -0.39 is 0 Å². The largest absolute Gasteiger partial charge is 0.466 e. The van der Waals surface area contributed by atoms with Gasteiger partial charge in [0.25, 0.3) is 0 Å². The second-order valence-electron chi connectivity index (χ2n) is 4.05. The lowest BCUT2D eigenvalue weighted by atomic mass is 10.1. The van der Waals surface area contributed by atoms with Crippen LogP contribution in [0.1, 0.15) is 18.7 Å². The molecule has 1 aliphatic heterocycles. The Morgan fingerprint density at radius 2 is 2.56 bits per heavy atom. The van der Waals surface area contributed by atoms with Gasteiger partial charge in [-0.25, -0.2) is 0 Å². The summed E-state index contributed by atoms with van der Waals surface area (Å²) < 4.78 is 6.57. The first-order chi connectivity index (χ1) is 7.74. The van der Waals surface area contributed by atoms with Crippen LogP contribution in [0.5, 0.6) is 0 Å². The fourth-order valence-corrected chi connectivity index (χ4v) is 3.64. The van der Waals surface area contributed by atoms with Crippen molar-refractivity contribution < 1.29 is 4.42 Å². The van der Waals surface area contributed by atoms with Crippen molar-refractivity contribution in [2.24, 2.45) is 5.73 Å². The molecule has 0 radical (unpaired) electrons. The third kappa shape index (κ3) is 2.47. The Bertz CT molecular complexity index is 344. The minimum Gasteiger partial charge on any atom is -0.466 e. The van der Waals surface area contributed by atoms with Crippen molar-refractivity contribution in [1.29, 1.82) is 0 Å². The van der Waals surface area contributed by atoms with Crippen LogP contribution < -0.4 is 5.73 Å². The van der Waals surface area contributed by atoms with Crippen molar-refractivity contribution >= 4 is 27.7 Å². The van der Waals surface area contributed by atoms with Gasteiger partial charge in [-0.1, -0.05) is 0 Å². The summed E-state index contributed by atoms with van der Waals surface area (Å²) in [5, 5.41) is 0. The van der Waals surface area contributed by atoms with Gasteiger partial charge in [0.2, 0.25) is 0 Å². The maximum Gasteiger partial charge on any atom is 0.136 e. The quantitative estimate of drug-likeness (QED) is 0.931. The lowest BCUT2D eigenvalue weighted by Gasteiger charge is -2.38. The molecule has 2 atom stereocenters. The molecule has 0 bridgehead atoms. The van der Waals surface area contributed by atoms with Gasteiger partial charge in [0.05, 0.1) is 16.8 Å². The normalized spacial score (nSPS) is 24.6. The predicted octanol–water partition coefficient (Wildman–Crippen LogP) is 2.48. The Morgan fingerprint density at radius 3 is 3.12 bits per heavy atom. The molecule has 1 fully saturated rings. The van der Waals surface area contributed by atoms with Gasteiger partial charge in [-0.15, -0.1) is 0 Å². The SMILES string of the molecule is CC1CSCCN1C(CN)c1occc1Br. The predicted molar refractivity (Wildman–Crippen MR) is 71.7 cm³/mol. The molecule has 1 aromatic heterocycles. The van der Waals surface area contributed by atoms with E-state index in [0.717, 1.165) is 16.8 Å². The maximum absolute atomic E-state index is 5.90. The monoisotopic (exact) mass is 304 g/mol. The number of halogens is 1. The Labute approximate surface area is 109 Å². The van der Waals surface area contributed by atoms with E-state index in [0.29, 0.717) is 12.6 Å². The fourth-order valence-electron chi connectivity index (χ4n) is 2.14. The Kier molecular flexibility index (Phi) is 4.35. The smallest absolute Gasteiger partial charge is 0.136 e. The Balaban J connectivity index is 2.18. The number of rotatable bonds is 3. The molecule has 5 heteroatoms. The molecule has 1 aromatic rings. The Morgan fingerprint density at radius 1 is 1.75 bits per heavy atom. The first kappa shape index (κ1) is 12.5. The molecular formula is C11H17BrN2OS. The minimum absolute atomic E-state index is 0.195. The van der Waals surface area contributed by atoms with Crippen LogP contribution in [0.25, 0.3) is 0 Å². The summed E-state index contributed by atoms with van der Waals surface area (Å²) in [6, 6.07) is 2.69. The van der Waals surface area contributed by atoms with E-state index in [9.17, 15) is 0 Å². The lowest BCUT2D eigenvalue weighted by Crippen LogP contribution is -2.45. The lowest BCUT2D eigenvalue weighted by molar-refractivity contribution is 0.146. The molecule has 0 spiro atoms.